The van der Waals surface area contributed by atoms with E-state index in [9.17, 15) is 13.2 Å². The number of carbonyl (C=O) groups excluding carboxylic acids is 1. The molecule has 1 amide bonds. The highest BCUT2D eigenvalue weighted by molar-refractivity contribution is 7.89. The van der Waals surface area contributed by atoms with Gasteiger partial charge in [-0.25, -0.2) is 13.1 Å². The fourth-order valence-electron chi connectivity index (χ4n) is 2.48. The molecule has 27 heavy (non-hydrogen) atoms. The maximum Gasteiger partial charge on any atom is 0.251 e. The predicted octanol–water partition coefficient (Wildman–Crippen LogP) is 2.74. The molecule has 0 aromatic heterocycles. The third kappa shape index (κ3) is 6.37. The summed E-state index contributed by atoms with van der Waals surface area (Å²) in [7, 11) is -2.07. The third-order valence-corrected chi connectivity index (χ3v) is 5.46. The van der Waals surface area contributed by atoms with E-state index in [0.29, 0.717) is 18.5 Å². The van der Waals surface area contributed by atoms with E-state index in [-0.39, 0.29) is 10.8 Å². The molecule has 2 aromatic rings. The van der Waals surface area contributed by atoms with Crippen LogP contribution in [0.4, 0.5) is 0 Å². The van der Waals surface area contributed by atoms with Gasteiger partial charge in [0.05, 0.1) is 12.0 Å². The number of rotatable bonds is 7. The summed E-state index contributed by atoms with van der Waals surface area (Å²) in [6.07, 6.45) is 0.666. The lowest BCUT2D eigenvalue weighted by molar-refractivity contribution is 0.0954. The summed E-state index contributed by atoms with van der Waals surface area (Å²) in [6, 6.07) is 13.6. The summed E-state index contributed by atoms with van der Waals surface area (Å²) < 4.78 is 32.5. The molecule has 0 unspecified atom stereocenters. The minimum absolute atomic E-state index is 0.0697. The van der Waals surface area contributed by atoms with Gasteiger partial charge in [0.25, 0.3) is 5.91 Å². The number of amides is 1. The van der Waals surface area contributed by atoms with Crippen LogP contribution in [0.3, 0.4) is 0 Å². The van der Waals surface area contributed by atoms with Crippen LogP contribution in [0.5, 0.6) is 5.75 Å². The molecule has 0 aliphatic carbocycles. The Morgan fingerprint density at radius 1 is 1.07 bits per heavy atom. The molecule has 0 atom stereocenters. The predicted molar refractivity (Wildman–Crippen MR) is 106 cm³/mol. The number of benzene rings is 2. The van der Waals surface area contributed by atoms with E-state index in [4.69, 9.17) is 4.74 Å². The monoisotopic (exact) mass is 390 g/mol. The Balaban J connectivity index is 2.00. The van der Waals surface area contributed by atoms with Gasteiger partial charge in [0.2, 0.25) is 10.0 Å². The average molecular weight is 391 g/mol. The molecule has 0 saturated carbocycles. The molecule has 2 rings (SSSR count). The highest BCUT2D eigenvalue weighted by Crippen LogP contribution is 2.15. The molecule has 0 spiro atoms. The Hall–Kier alpha value is -2.38. The van der Waals surface area contributed by atoms with Crippen LogP contribution < -0.4 is 14.8 Å². The van der Waals surface area contributed by atoms with Crippen molar-refractivity contribution in [1.82, 2.24) is 10.0 Å². The molecule has 0 heterocycles. The smallest absolute Gasteiger partial charge is 0.251 e. The summed E-state index contributed by atoms with van der Waals surface area (Å²) in [4.78, 5) is 12.4. The van der Waals surface area contributed by atoms with Crippen molar-refractivity contribution in [1.29, 1.82) is 0 Å². The zero-order valence-corrected chi connectivity index (χ0v) is 16.9. The van der Waals surface area contributed by atoms with Crippen molar-refractivity contribution in [2.75, 3.05) is 13.7 Å². The largest absolute Gasteiger partial charge is 0.497 e. The molecule has 0 saturated heterocycles. The summed E-state index contributed by atoms with van der Waals surface area (Å²) in [5.41, 5.74) is 0.776. The second-order valence-corrected chi connectivity index (χ2v) is 8.92. The zero-order valence-electron chi connectivity index (χ0n) is 16.1. The van der Waals surface area contributed by atoms with E-state index in [0.717, 1.165) is 11.3 Å². The van der Waals surface area contributed by atoms with Crippen molar-refractivity contribution < 1.29 is 17.9 Å². The quantitative estimate of drug-likeness (QED) is 0.761. The summed E-state index contributed by atoms with van der Waals surface area (Å²) in [6.45, 7) is 5.74. The van der Waals surface area contributed by atoms with E-state index in [1.54, 1.807) is 40.0 Å². The number of sulfonamides is 1. The van der Waals surface area contributed by atoms with E-state index in [2.05, 4.69) is 10.0 Å². The highest BCUT2D eigenvalue weighted by Gasteiger charge is 2.22. The van der Waals surface area contributed by atoms with Crippen LogP contribution in [0.15, 0.2) is 53.4 Å². The standard InChI is InChI=1S/C20H26N2O4S/c1-20(2,3)22-27(24,25)18-7-5-6-16(14-18)19(23)21-13-12-15-8-10-17(26-4)11-9-15/h5-11,14,22H,12-13H2,1-4H3,(H,21,23). The van der Waals surface area contributed by atoms with Crippen LogP contribution in [-0.2, 0) is 16.4 Å². The first-order chi connectivity index (χ1) is 12.6. The van der Waals surface area contributed by atoms with Gasteiger partial charge in [0, 0.05) is 17.6 Å². The summed E-state index contributed by atoms with van der Waals surface area (Å²) in [5, 5.41) is 2.82. The fraction of sp³-hybridized carbons (Fsp3) is 0.350. The van der Waals surface area contributed by atoms with Crippen LogP contribution in [0.2, 0.25) is 0 Å². The topological polar surface area (TPSA) is 84.5 Å². The minimum Gasteiger partial charge on any atom is -0.497 e. The van der Waals surface area contributed by atoms with Gasteiger partial charge < -0.3 is 10.1 Å². The molecule has 0 radical (unpaired) electrons. The number of ether oxygens (including phenoxy) is 1. The van der Waals surface area contributed by atoms with Crippen molar-refractivity contribution in [2.24, 2.45) is 0 Å². The van der Waals surface area contributed by atoms with Gasteiger partial charge in [0.15, 0.2) is 0 Å². The van der Waals surface area contributed by atoms with Crippen LogP contribution in [0, 0.1) is 0 Å². The number of nitrogens with one attached hydrogen (secondary N) is 2. The fourth-order valence-corrected chi connectivity index (χ4v) is 3.95. The molecule has 7 heteroatoms. The van der Waals surface area contributed by atoms with Crippen molar-refractivity contribution in [2.45, 2.75) is 37.6 Å². The second-order valence-electron chi connectivity index (χ2n) is 7.24. The Morgan fingerprint density at radius 3 is 2.33 bits per heavy atom. The summed E-state index contributed by atoms with van der Waals surface area (Å²) in [5.74, 6) is 0.473. The first kappa shape index (κ1) is 20.9. The average Bonchev–Trinajstić information content (AvgIpc) is 2.60. The number of methoxy groups -OCH3 is 1. The SMILES string of the molecule is COc1ccc(CCNC(=O)c2cccc(S(=O)(=O)NC(C)(C)C)c2)cc1. The van der Waals surface area contributed by atoms with Crippen molar-refractivity contribution >= 4 is 15.9 Å². The van der Waals surface area contributed by atoms with Gasteiger partial charge in [-0.3, -0.25) is 4.79 Å². The van der Waals surface area contributed by atoms with Crippen LogP contribution in [0.1, 0.15) is 36.7 Å². The third-order valence-electron chi connectivity index (χ3n) is 3.71. The Morgan fingerprint density at radius 2 is 1.74 bits per heavy atom. The van der Waals surface area contributed by atoms with E-state index >= 15 is 0 Å². The van der Waals surface area contributed by atoms with E-state index in [1.807, 2.05) is 24.3 Å². The molecule has 0 aliphatic rings. The molecule has 146 valence electrons. The lowest BCUT2D eigenvalue weighted by atomic mass is 10.1. The molecule has 0 bridgehead atoms. The Labute approximate surface area is 161 Å². The van der Waals surface area contributed by atoms with Gasteiger partial charge in [-0.1, -0.05) is 18.2 Å². The molecular weight excluding hydrogens is 364 g/mol. The van der Waals surface area contributed by atoms with Crippen molar-refractivity contribution in [3.8, 4) is 5.75 Å². The van der Waals surface area contributed by atoms with Gasteiger partial charge >= 0.3 is 0 Å². The van der Waals surface area contributed by atoms with Gasteiger partial charge in [0.1, 0.15) is 5.75 Å². The number of hydrogen-bond donors (Lipinski definition) is 2. The first-order valence-corrected chi connectivity index (χ1v) is 10.1. The van der Waals surface area contributed by atoms with Crippen molar-refractivity contribution in [3.63, 3.8) is 0 Å². The van der Waals surface area contributed by atoms with Crippen LogP contribution in [0.25, 0.3) is 0 Å². The highest BCUT2D eigenvalue weighted by atomic mass is 32.2. The molecule has 6 nitrogen and oxygen atoms in total. The maximum absolute atomic E-state index is 12.4. The normalized spacial score (nSPS) is 11.9. The molecule has 0 aliphatic heterocycles. The lowest BCUT2D eigenvalue weighted by Gasteiger charge is -2.20. The summed E-state index contributed by atoms with van der Waals surface area (Å²) >= 11 is 0. The van der Waals surface area contributed by atoms with Gasteiger partial charge in [-0.2, -0.15) is 0 Å². The van der Waals surface area contributed by atoms with Crippen LogP contribution in [-0.4, -0.2) is 33.5 Å². The van der Waals surface area contributed by atoms with E-state index < -0.39 is 15.6 Å². The second kappa shape index (κ2) is 8.54. The Bertz CT molecular complexity index is 885. The molecule has 0 fully saturated rings. The first-order valence-electron chi connectivity index (χ1n) is 8.66. The number of hydrogen-bond acceptors (Lipinski definition) is 4. The molecule has 2 aromatic carbocycles. The Kier molecular flexibility index (Phi) is 6.62. The van der Waals surface area contributed by atoms with E-state index in [1.165, 1.54) is 12.1 Å². The minimum atomic E-state index is -3.69. The molecular formula is C20H26N2O4S. The van der Waals surface area contributed by atoms with Gasteiger partial charge in [-0.05, 0) is 63.1 Å². The zero-order chi connectivity index (χ0) is 20.1. The van der Waals surface area contributed by atoms with Crippen LogP contribution >= 0.6 is 0 Å². The maximum atomic E-state index is 12.4. The molecule has 2 N–H and O–H groups in total. The lowest BCUT2D eigenvalue weighted by Crippen LogP contribution is -2.40. The van der Waals surface area contributed by atoms with Crippen molar-refractivity contribution in [3.05, 3.63) is 59.7 Å². The van der Waals surface area contributed by atoms with Gasteiger partial charge in [-0.15, -0.1) is 0 Å². The number of carbonyl (C=O) groups is 1.